The van der Waals surface area contributed by atoms with E-state index >= 15 is 0 Å². The van der Waals surface area contributed by atoms with Crippen LogP contribution in [0.5, 0.6) is 0 Å². The summed E-state index contributed by atoms with van der Waals surface area (Å²) in [5.41, 5.74) is 1.31. The molecule has 0 aliphatic carbocycles. The lowest BCUT2D eigenvalue weighted by Gasteiger charge is -2.45. The lowest BCUT2D eigenvalue weighted by molar-refractivity contribution is -0.136. The highest BCUT2D eigenvalue weighted by Gasteiger charge is 2.39. The second kappa shape index (κ2) is 9.10. The Morgan fingerprint density at radius 2 is 1.77 bits per heavy atom. The van der Waals surface area contributed by atoms with Gasteiger partial charge in [-0.15, -0.1) is 0 Å². The molecule has 2 aromatic rings. The Morgan fingerprint density at radius 3 is 2.39 bits per heavy atom. The Hall–Kier alpha value is -2.86. The van der Waals surface area contributed by atoms with Crippen molar-refractivity contribution in [3.8, 4) is 0 Å². The van der Waals surface area contributed by atoms with Crippen LogP contribution < -0.4 is 5.32 Å². The number of carbonyl (C=O) groups is 3. The van der Waals surface area contributed by atoms with Crippen LogP contribution in [-0.2, 0) is 4.79 Å². The Balaban J connectivity index is 1.65. The van der Waals surface area contributed by atoms with Gasteiger partial charge in [0.1, 0.15) is 6.04 Å². The molecular weight excluding hydrogens is 416 g/mol. The molecule has 1 saturated heterocycles. The fraction of sp³-hybridized carbons (Fsp3) is 0.375. The molecule has 1 aliphatic rings. The minimum atomic E-state index is -1.11. The molecule has 7 heteroatoms. The number of carboxylic acids is 1. The first-order valence-electron chi connectivity index (χ1n) is 10.3. The normalized spacial score (nSPS) is 18.8. The number of piperidine rings is 1. The van der Waals surface area contributed by atoms with Gasteiger partial charge in [0.25, 0.3) is 5.91 Å². The number of carboxylic acid groups (broad SMARTS) is 1. The lowest BCUT2D eigenvalue weighted by Crippen LogP contribution is -2.53. The molecule has 0 saturated carbocycles. The van der Waals surface area contributed by atoms with E-state index in [9.17, 15) is 14.4 Å². The number of rotatable bonds is 5. The molecule has 3 rings (SSSR count). The zero-order valence-corrected chi connectivity index (χ0v) is 18.6. The maximum absolute atomic E-state index is 13.0. The Labute approximate surface area is 187 Å². The van der Waals surface area contributed by atoms with Gasteiger partial charge in [-0.25, -0.2) is 4.79 Å². The van der Waals surface area contributed by atoms with Crippen molar-refractivity contribution in [1.29, 1.82) is 0 Å². The van der Waals surface area contributed by atoms with Crippen LogP contribution in [0.2, 0.25) is 5.02 Å². The van der Waals surface area contributed by atoms with E-state index in [0.717, 1.165) is 6.42 Å². The zero-order chi connectivity index (χ0) is 22.8. The summed E-state index contributed by atoms with van der Waals surface area (Å²) in [6.45, 7) is 7.12. The molecule has 0 radical (unpaired) electrons. The molecule has 2 amide bonds. The zero-order valence-electron chi connectivity index (χ0n) is 17.9. The van der Waals surface area contributed by atoms with Gasteiger partial charge in [0.15, 0.2) is 0 Å². The topological polar surface area (TPSA) is 86.7 Å². The molecule has 164 valence electrons. The molecule has 1 fully saturated rings. The maximum atomic E-state index is 13.0. The highest BCUT2D eigenvalue weighted by Crippen LogP contribution is 2.42. The van der Waals surface area contributed by atoms with Crippen molar-refractivity contribution in [1.82, 2.24) is 10.2 Å². The largest absolute Gasteiger partial charge is 0.478 e. The van der Waals surface area contributed by atoms with E-state index in [4.69, 9.17) is 16.7 Å². The summed E-state index contributed by atoms with van der Waals surface area (Å²) in [5, 5.41) is 12.5. The second-order valence-corrected chi connectivity index (χ2v) is 9.16. The summed E-state index contributed by atoms with van der Waals surface area (Å²) in [6, 6.07) is 12.9. The number of hydrogen-bond donors (Lipinski definition) is 2. The number of halogens is 1. The molecule has 2 aromatic carbocycles. The van der Waals surface area contributed by atoms with Crippen LogP contribution in [0.1, 0.15) is 59.4 Å². The quantitative estimate of drug-likeness (QED) is 0.726. The van der Waals surface area contributed by atoms with Crippen LogP contribution >= 0.6 is 11.6 Å². The summed E-state index contributed by atoms with van der Waals surface area (Å²) in [5.74, 6) is -1.42. The van der Waals surface area contributed by atoms with E-state index in [1.165, 1.54) is 29.8 Å². The monoisotopic (exact) mass is 442 g/mol. The summed E-state index contributed by atoms with van der Waals surface area (Å²) >= 11 is 6.01. The molecule has 1 heterocycles. The molecule has 2 N–H and O–H groups in total. The van der Waals surface area contributed by atoms with Crippen molar-refractivity contribution in [2.24, 2.45) is 5.41 Å². The van der Waals surface area contributed by atoms with Gasteiger partial charge in [0.05, 0.1) is 5.56 Å². The summed E-state index contributed by atoms with van der Waals surface area (Å²) in [6.07, 6.45) is 0.821. The molecule has 0 aromatic heterocycles. The number of benzene rings is 2. The van der Waals surface area contributed by atoms with Gasteiger partial charge in [0, 0.05) is 23.7 Å². The third-order valence-corrected chi connectivity index (χ3v) is 6.16. The van der Waals surface area contributed by atoms with Gasteiger partial charge >= 0.3 is 5.97 Å². The number of aromatic carboxylic acids is 1. The van der Waals surface area contributed by atoms with E-state index in [1.54, 1.807) is 11.8 Å². The predicted molar refractivity (Wildman–Crippen MR) is 120 cm³/mol. The van der Waals surface area contributed by atoms with Crippen LogP contribution in [-0.4, -0.2) is 46.9 Å². The van der Waals surface area contributed by atoms with Crippen LogP contribution in [0.4, 0.5) is 0 Å². The smallest absolute Gasteiger partial charge is 0.335 e. The summed E-state index contributed by atoms with van der Waals surface area (Å²) < 4.78 is 0. The molecule has 2 atom stereocenters. The average molecular weight is 443 g/mol. The van der Waals surface area contributed by atoms with Crippen molar-refractivity contribution in [3.05, 3.63) is 70.2 Å². The predicted octanol–water partition coefficient (Wildman–Crippen LogP) is 4.20. The number of nitrogens with zero attached hydrogens (tertiary/aromatic N) is 1. The molecular formula is C24H27ClN2O4. The van der Waals surface area contributed by atoms with Crippen LogP contribution in [0.15, 0.2) is 48.5 Å². The average Bonchev–Trinajstić information content (AvgIpc) is 2.73. The molecule has 0 spiro atoms. The van der Waals surface area contributed by atoms with Gasteiger partial charge in [-0.1, -0.05) is 43.6 Å². The number of likely N-dealkylation sites (tertiary alicyclic amines) is 1. The van der Waals surface area contributed by atoms with Crippen molar-refractivity contribution in [2.45, 2.75) is 39.2 Å². The highest BCUT2D eigenvalue weighted by atomic mass is 35.5. The van der Waals surface area contributed by atoms with Gasteiger partial charge in [-0.2, -0.15) is 0 Å². The van der Waals surface area contributed by atoms with Crippen molar-refractivity contribution in [3.63, 3.8) is 0 Å². The van der Waals surface area contributed by atoms with Crippen LogP contribution in [0, 0.1) is 5.41 Å². The Kier molecular flexibility index (Phi) is 6.70. The molecule has 31 heavy (non-hydrogen) atoms. The van der Waals surface area contributed by atoms with E-state index in [-0.39, 0.29) is 22.4 Å². The van der Waals surface area contributed by atoms with E-state index < -0.39 is 17.9 Å². The van der Waals surface area contributed by atoms with Crippen LogP contribution in [0.3, 0.4) is 0 Å². The Morgan fingerprint density at radius 1 is 1.13 bits per heavy atom. The van der Waals surface area contributed by atoms with Gasteiger partial charge < -0.3 is 15.3 Å². The fourth-order valence-corrected chi connectivity index (χ4v) is 4.39. The fourth-order valence-electron chi connectivity index (χ4n) is 4.27. The van der Waals surface area contributed by atoms with Crippen molar-refractivity contribution >= 4 is 29.4 Å². The lowest BCUT2D eigenvalue weighted by atomic mass is 9.70. The second-order valence-electron chi connectivity index (χ2n) is 8.72. The van der Waals surface area contributed by atoms with Gasteiger partial charge in [0.2, 0.25) is 5.91 Å². The van der Waals surface area contributed by atoms with Crippen LogP contribution in [0.25, 0.3) is 0 Å². The van der Waals surface area contributed by atoms with E-state index in [0.29, 0.717) is 24.0 Å². The minimum absolute atomic E-state index is 0.0256. The molecule has 0 bridgehead atoms. The van der Waals surface area contributed by atoms with Crippen molar-refractivity contribution in [2.75, 3.05) is 13.1 Å². The SMILES string of the molecule is C[C@@H](NC(=O)c1cccc(C(=O)O)c1)C(=O)N1CCC(c2ccc(Cl)cc2)C(C)(C)C1. The first-order valence-corrected chi connectivity index (χ1v) is 10.6. The Bertz CT molecular complexity index is 987. The first-order chi connectivity index (χ1) is 14.6. The number of nitrogens with one attached hydrogen (secondary N) is 1. The standard InChI is InChI=1S/C24H27ClN2O4/c1-15(26-21(28)17-5-4-6-18(13-17)23(30)31)22(29)27-12-11-20(24(2,3)14-27)16-7-9-19(25)10-8-16/h4-10,13,15,20H,11-12,14H2,1-3H3,(H,26,28)(H,30,31)/t15-,20?/m1/s1. The number of amides is 2. The summed E-state index contributed by atoms with van der Waals surface area (Å²) in [7, 11) is 0. The molecule has 1 unspecified atom stereocenters. The third kappa shape index (κ3) is 5.25. The number of hydrogen-bond acceptors (Lipinski definition) is 3. The first kappa shape index (κ1) is 22.8. The minimum Gasteiger partial charge on any atom is -0.478 e. The van der Waals surface area contributed by atoms with E-state index in [2.05, 4.69) is 19.2 Å². The highest BCUT2D eigenvalue weighted by molar-refractivity contribution is 6.30. The maximum Gasteiger partial charge on any atom is 0.335 e. The van der Waals surface area contributed by atoms with E-state index in [1.807, 2.05) is 24.3 Å². The summed E-state index contributed by atoms with van der Waals surface area (Å²) in [4.78, 5) is 38.5. The third-order valence-electron chi connectivity index (χ3n) is 5.90. The van der Waals surface area contributed by atoms with Gasteiger partial charge in [-0.05, 0) is 60.6 Å². The van der Waals surface area contributed by atoms with Gasteiger partial charge in [-0.3, -0.25) is 9.59 Å². The number of carbonyl (C=O) groups excluding carboxylic acids is 2. The molecule has 6 nitrogen and oxygen atoms in total. The molecule has 1 aliphatic heterocycles. The van der Waals surface area contributed by atoms with Crippen molar-refractivity contribution < 1.29 is 19.5 Å².